The lowest BCUT2D eigenvalue weighted by atomic mass is 9.66. The molecule has 4 rings (SSSR count). The van der Waals surface area contributed by atoms with Crippen molar-refractivity contribution in [2.75, 3.05) is 32.8 Å². The minimum Gasteiger partial charge on any atom is -0.462 e. The highest BCUT2D eigenvalue weighted by Gasteiger charge is 2.45. The molecule has 2 saturated carbocycles. The Morgan fingerprint density at radius 3 is 2.84 bits per heavy atom. The van der Waals surface area contributed by atoms with Crippen molar-refractivity contribution in [3.05, 3.63) is 0 Å². The van der Waals surface area contributed by atoms with E-state index < -0.39 is 6.10 Å². The largest absolute Gasteiger partial charge is 0.462 e. The number of amides is 1. The predicted octanol–water partition coefficient (Wildman–Crippen LogP) is 1.42. The minimum absolute atomic E-state index is 0.0000398. The molecular formula is C24H42N3O4+. The van der Waals surface area contributed by atoms with Gasteiger partial charge in [0.15, 0.2) is 0 Å². The molecule has 2 aliphatic heterocycles. The Balaban J connectivity index is 1.20. The normalized spacial score (nSPS) is 33.5. The van der Waals surface area contributed by atoms with Crippen molar-refractivity contribution in [2.24, 2.45) is 17.8 Å². The Bertz CT molecular complexity index is 604. The highest BCUT2D eigenvalue weighted by atomic mass is 16.5. The van der Waals surface area contributed by atoms with Gasteiger partial charge in [-0.15, -0.1) is 0 Å². The number of quaternary nitrogens is 1. The maximum absolute atomic E-state index is 12.5. The van der Waals surface area contributed by atoms with E-state index in [-0.39, 0.29) is 24.1 Å². The number of rotatable bonds is 8. The highest BCUT2D eigenvalue weighted by molar-refractivity contribution is 5.80. The topological polar surface area (TPSA) is 84.5 Å². The summed E-state index contributed by atoms with van der Waals surface area (Å²) in [5, 5.41) is 5.33. The van der Waals surface area contributed by atoms with Gasteiger partial charge in [0.1, 0.15) is 18.9 Å². The summed E-state index contributed by atoms with van der Waals surface area (Å²) in [6, 6.07) is 0. The lowest BCUT2D eigenvalue weighted by molar-refractivity contribution is -0.642. The minimum atomic E-state index is -0.463. The third-order valence-electron chi connectivity index (χ3n) is 8.04. The number of fused-ring (bicyclic) bond motifs is 1. The SMILES string of the molecule is C[C@H](OC1CCC2C(C1)OC(=O)CC2C1CCCCC1)C(=O)NCCCN1CC[NH2+]C1. The highest BCUT2D eigenvalue weighted by Crippen LogP contribution is 2.45. The van der Waals surface area contributed by atoms with Crippen molar-refractivity contribution in [2.45, 2.75) is 89.4 Å². The van der Waals surface area contributed by atoms with Gasteiger partial charge in [0, 0.05) is 25.9 Å². The van der Waals surface area contributed by atoms with Crippen LogP contribution in [-0.4, -0.2) is 67.9 Å². The van der Waals surface area contributed by atoms with Crippen molar-refractivity contribution in [3.63, 3.8) is 0 Å². The molecule has 2 saturated heterocycles. The van der Waals surface area contributed by atoms with Crippen molar-refractivity contribution >= 4 is 11.9 Å². The first-order valence-corrected chi connectivity index (χ1v) is 12.8. The number of esters is 1. The fourth-order valence-electron chi connectivity index (χ4n) is 6.35. The molecule has 0 radical (unpaired) electrons. The van der Waals surface area contributed by atoms with Crippen LogP contribution in [0.15, 0.2) is 0 Å². The molecule has 0 spiro atoms. The van der Waals surface area contributed by atoms with E-state index in [4.69, 9.17) is 9.47 Å². The first-order chi connectivity index (χ1) is 15.1. The lowest BCUT2D eigenvalue weighted by Crippen LogP contribution is -2.82. The van der Waals surface area contributed by atoms with Crippen LogP contribution in [0.5, 0.6) is 0 Å². The average Bonchev–Trinajstić information content (AvgIpc) is 3.30. The first-order valence-electron chi connectivity index (χ1n) is 12.8. The fraction of sp³-hybridized carbons (Fsp3) is 0.917. The van der Waals surface area contributed by atoms with Crippen LogP contribution < -0.4 is 10.6 Å². The van der Waals surface area contributed by atoms with Gasteiger partial charge in [-0.3, -0.25) is 14.5 Å². The van der Waals surface area contributed by atoms with Gasteiger partial charge in [-0.1, -0.05) is 32.1 Å². The summed E-state index contributed by atoms with van der Waals surface area (Å²) in [5.41, 5.74) is 0. The standard InChI is InChI=1S/C24H41N3O4/c1-17(24(29)26-10-5-12-27-13-11-25-16-27)30-19-8-9-20-21(18-6-3-2-4-7-18)15-23(28)31-22(20)14-19/h17-22,25H,2-16H2,1H3,(H,26,29)/p+1/t17-,19?,20?,21?,22?/m0/s1. The zero-order valence-electron chi connectivity index (χ0n) is 19.2. The van der Waals surface area contributed by atoms with E-state index in [1.54, 1.807) is 0 Å². The van der Waals surface area contributed by atoms with E-state index in [0.29, 0.717) is 30.7 Å². The van der Waals surface area contributed by atoms with E-state index in [1.165, 1.54) is 38.6 Å². The number of nitrogens with two attached hydrogens (primary N) is 1. The molecule has 2 aliphatic carbocycles. The van der Waals surface area contributed by atoms with Crippen LogP contribution in [0.2, 0.25) is 0 Å². The van der Waals surface area contributed by atoms with Crippen LogP contribution in [0.25, 0.3) is 0 Å². The zero-order valence-corrected chi connectivity index (χ0v) is 19.2. The lowest BCUT2D eigenvalue weighted by Gasteiger charge is -2.46. The van der Waals surface area contributed by atoms with Gasteiger partial charge in [0.05, 0.1) is 19.2 Å². The summed E-state index contributed by atoms with van der Waals surface area (Å²) in [5.74, 6) is 1.60. The van der Waals surface area contributed by atoms with E-state index >= 15 is 0 Å². The summed E-state index contributed by atoms with van der Waals surface area (Å²) in [4.78, 5) is 27.2. The Morgan fingerprint density at radius 2 is 2.06 bits per heavy atom. The van der Waals surface area contributed by atoms with E-state index in [1.807, 2.05) is 6.92 Å². The van der Waals surface area contributed by atoms with Gasteiger partial charge < -0.3 is 20.1 Å². The van der Waals surface area contributed by atoms with E-state index in [0.717, 1.165) is 45.4 Å². The quantitative estimate of drug-likeness (QED) is 0.444. The second-order valence-corrected chi connectivity index (χ2v) is 10.2. The maximum Gasteiger partial charge on any atom is 0.306 e. The van der Waals surface area contributed by atoms with Crippen LogP contribution in [0, 0.1) is 17.8 Å². The number of nitrogens with zero attached hydrogens (tertiary/aromatic N) is 1. The second-order valence-electron chi connectivity index (χ2n) is 10.2. The third-order valence-corrected chi connectivity index (χ3v) is 8.04. The maximum atomic E-state index is 12.5. The number of carbonyl (C=O) groups is 2. The Kier molecular flexibility index (Phi) is 8.24. The van der Waals surface area contributed by atoms with Crippen LogP contribution in [-0.2, 0) is 19.1 Å². The fourth-order valence-corrected chi connectivity index (χ4v) is 6.35. The summed E-state index contributed by atoms with van der Waals surface area (Å²) in [7, 11) is 0. The van der Waals surface area contributed by atoms with Crippen molar-refractivity contribution < 1.29 is 24.4 Å². The number of nitrogens with one attached hydrogen (secondary N) is 1. The van der Waals surface area contributed by atoms with Gasteiger partial charge in [-0.05, 0) is 43.9 Å². The molecule has 4 unspecified atom stereocenters. The first kappa shape index (κ1) is 23.0. The third kappa shape index (κ3) is 6.20. The number of hydrogen-bond acceptors (Lipinski definition) is 5. The van der Waals surface area contributed by atoms with Gasteiger partial charge in [0.2, 0.25) is 5.91 Å². The molecule has 7 nitrogen and oxygen atoms in total. The molecule has 4 aliphatic rings. The molecule has 0 bridgehead atoms. The van der Waals surface area contributed by atoms with Gasteiger partial charge in [-0.2, -0.15) is 0 Å². The van der Waals surface area contributed by atoms with Crippen LogP contribution in [0.4, 0.5) is 0 Å². The van der Waals surface area contributed by atoms with Crippen LogP contribution in [0.1, 0.15) is 71.1 Å². The van der Waals surface area contributed by atoms with Gasteiger partial charge >= 0.3 is 5.97 Å². The van der Waals surface area contributed by atoms with Crippen molar-refractivity contribution in [3.8, 4) is 0 Å². The molecule has 176 valence electrons. The summed E-state index contributed by atoms with van der Waals surface area (Å²) >= 11 is 0. The number of ether oxygens (including phenoxy) is 2. The molecule has 31 heavy (non-hydrogen) atoms. The smallest absolute Gasteiger partial charge is 0.306 e. The number of carbonyl (C=O) groups excluding carboxylic acids is 2. The molecule has 3 N–H and O–H groups in total. The molecular weight excluding hydrogens is 394 g/mol. The predicted molar refractivity (Wildman–Crippen MR) is 117 cm³/mol. The Morgan fingerprint density at radius 1 is 1.23 bits per heavy atom. The summed E-state index contributed by atoms with van der Waals surface area (Å²) in [6.07, 6.45) is 10.3. The van der Waals surface area contributed by atoms with Crippen molar-refractivity contribution in [1.82, 2.24) is 10.2 Å². The van der Waals surface area contributed by atoms with Crippen molar-refractivity contribution in [1.29, 1.82) is 0 Å². The molecule has 2 heterocycles. The summed E-state index contributed by atoms with van der Waals surface area (Å²) < 4.78 is 11.9. The second kappa shape index (κ2) is 11.1. The Hall–Kier alpha value is -1.18. The molecule has 7 heteroatoms. The summed E-state index contributed by atoms with van der Waals surface area (Å²) in [6.45, 7) is 6.96. The molecule has 4 fully saturated rings. The van der Waals surface area contributed by atoms with Gasteiger partial charge in [0.25, 0.3) is 0 Å². The molecule has 5 atom stereocenters. The molecule has 0 aromatic rings. The number of hydrogen-bond donors (Lipinski definition) is 2. The van der Waals surface area contributed by atoms with E-state index in [9.17, 15) is 9.59 Å². The molecule has 0 aromatic heterocycles. The van der Waals surface area contributed by atoms with Crippen LogP contribution in [0.3, 0.4) is 0 Å². The van der Waals surface area contributed by atoms with Gasteiger partial charge in [-0.25, -0.2) is 0 Å². The van der Waals surface area contributed by atoms with Crippen LogP contribution >= 0.6 is 0 Å². The molecule has 1 amide bonds. The monoisotopic (exact) mass is 436 g/mol. The van der Waals surface area contributed by atoms with E-state index in [2.05, 4.69) is 15.5 Å². The zero-order chi connectivity index (χ0) is 21.6. The molecule has 0 aromatic carbocycles. The average molecular weight is 437 g/mol. The Labute approximate surface area is 187 Å².